The van der Waals surface area contributed by atoms with Gasteiger partial charge in [0.25, 0.3) is 0 Å². The normalized spacial score (nSPS) is 14.5. The van der Waals surface area contributed by atoms with Crippen molar-refractivity contribution in [2.45, 2.75) is 39.2 Å². The Hall–Kier alpha value is -3.05. The third kappa shape index (κ3) is 6.15. The number of likely N-dealkylation sites (tertiary alicyclic amines) is 1. The molecular formula is C28H33N5OS. The van der Waals surface area contributed by atoms with Crippen molar-refractivity contribution in [1.29, 1.82) is 5.26 Å². The fourth-order valence-corrected chi connectivity index (χ4v) is 5.53. The monoisotopic (exact) mass is 487 g/mol. The van der Waals surface area contributed by atoms with Crippen LogP contribution < -0.4 is 5.32 Å². The van der Waals surface area contributed by atoms with Gasteiger partial charge in [0.1, 0.15) is 10.9 Å². The second-order valence-electron chi connectivity index (χ2n) is 9.10. The van der Waals surface area contributed by atoms with Gasteiger partial charge >= 0.3 is 0 Å². The van der Waals surface area contributed by atoms with Gasteiger partial charge in [0.15, 0.2) is 5.58 Å². The van der Waals surface area contributed by atoms with Crippen molar-refractivity contribution in [3.8, 4) is 17.3 Å². The topological polar surface area (TPSA) is 78.0 Å². The molecule has 1 N–H and O–H groups in total. The van der Waals surface area contributed by atoms with Crippen molar-refractivity contribution in [2.75, 3.05) is 27.2 Å². The Bertz CT molecular complexity index is 1270. The maximum Gasteiger partial charge on any atom is 0.170 e. The third-order valence-electron chi connectivity index (χ3n) is 6.55. The molecule has 0 amide bonds. The molecule has 0 atom stereocenters. The number of pyridine rings is 1. The van der Waals surface area contributed by atoms with E-state index in [9.17, 15) is 0 Å². The van der Waals surface area contributed by atoms with Crippen LogP contribution in [0.5, 0.6) is 0 Å². The van der Waals surface area contributed by atoms with Crippen LogP contribution in [-0.4, -0.2) is 42.2 Å². The lowest BCUT2D eigenvalue weighted by Gasteiger charge is -2.31. The molecule has 4 heterocycles. The Labute approximate surface area is 211 Å². The third-order valence-corrected chi connectivity index (χ3v) is 7.53. The largest absolute Gasteiger partial charge is 0.356 e. The molecule has 4 aromatic rings. The Balaban J connectivity index is 0.000000917. The van der Waals surface area contributed by atoms with E-state index in [1.54, 1.807) is 11.3 Å². The standard InChI is InChI=1S/C26H26N4OS.C2H7N/c1-18-22(24-4-2-3-13-28-24)8-9-23-25(29-31-26(18)23)10-5-19-11-14-30(15-12-19)17-21-7-6-20(16-27)32-21;1-3-2/h2-4,6-9,13,19H,5,10-12,14-15,17H2,1H3;3H,1-2H3. The van der Waals surface area contributed by atoms with Gasteiger partial charge in [-0.3, -0.25) is 9.88 Å². The quantitative estimate of drug-likeness (QED) is 0.370. The van der Waals surface area contributed by atoms with E-state index >= 15 is 0 Å². The summed E-state index contributed by atoms with van der Waals surface area (Å²) in [6, 6.07) is 16.5. The van der Waals surface area contributed by atoms with Crippen LogP contribution in [0.3, 0.4) is 0 Å². The smallest absolute Gasteiger partial charge is 0.170 e. The molecule has 6 nitrogen and oxygen atoms in total. The number of benzene rings is 1. The zero-order chi connectivity index (χ0) is 24.6. The average molecular weight is 488 g/mol. The molecule has 182 valence electrons. The fourth-order valence-electron chi connectivity index (χ4n) is 4.68. The predicted octanol–water partition coefficient (Wildman–Crippen LogP) is 5.81. The Morgan fingerprint density at radius 2 is 1.94 bits per heavy atom. The van der Waals surface area contributed by atoms with E-state index < -0.39 is 0 Å². The molecule has 0 bridgehead atoms. The van der Waals surface area contributed by atoms with Gasteiger partial charge in [0, 0.05) is 34.1 Å². The number of nitriles is 1. The molecule has 5 rings (SSSR count). The van der Waals surface area contributed by atoms with E-state index in [1.807, 2.05) is 44.6 Å². The summed E-state index contributed by atoms with van der Waals surface area (Å²) in [6.45, 7) is 5.29. The molecule has 0 saturated carbocycles. The highest BCUT2D eigenvalue weighted by atomic mass is 32.1. The SMILES string of the molecule is CNC.Cc1c(-c2ccccn2)ccc2c(CCC3CCN(Cc4ccc(C#N)s4)CC3)noc12. The molecule has 1 aliphatic rings. The molecule has 3 aromatic heterocycles. The van der Waals surface area contributed by atoms with Crippen LogP contribution in [0.15, 0.2) is 53.2 Å². The number of aromatic nitrogens is 2. The summed E-state index contributed by atoms with van der Waals surface area (Å²) < 4.78 is 5.77. The second-order valence-corrected chi connectivity index (χ2v) is 10.3. The summed E-state index contributed by atoms with van der Waals surface area (Å²) in [4.78, 5) is 9.08. The van der Waals surface area contributed by atoms with Crippen molar-refractivity contribution in [3.63, 3.8) is 0 Å². The number of hydrogen-bond donors (Lipinski definition) is 1. The van der Waals surface area contributed by atoms with E-state index in [4.69, 9.17) is 9.78 Å². The summed E-state index contributed by atoms with van der Waals surface area (Å²) in [5, 5.41) is 17.3. The predicted molar refractivity (Wildman–Crippen MR) is 142 cm³/mol. The van der Waals surface area contributed by atoms with Gasteiger partial charge in [-0.15, -0.1) is 11.3 Å². The van der Waals surface area contributed by atoms with Crippen LogP contribution in [-0.2, 0) is 13.0 Å². The summed E-state index contributed by atoms with van der Waals surface area (Å²) >= 11 is 1.61. The van der Waals surface area contributed by atoms with Gasteiger partial charge in [-0.2, -0.15) is 5.26 Å². The van der Waals surface area contributed by atoms with Crippen LogP contribution in [0.4, 0.5) is 0 Å². The van der Waals surface area contributed by atoms with E-state index in [0.717, 1.165) is 76.8 Å². The van der Waals surface area contributed by atoms with Crippen molar-refractivity contribution in [1.82, 2.24) is 20.4 Å². The van der Waals surface area contributed by atoms with Crippen molar-refractivity contribution in [2.24, 2.45) is 5.92 Å². The molecule has 35 heavy (non-hydrogen) atoms. The van der Waals surface area contributed by atoms with Crippen molar-refractivity contribution in [3.05, 3.63) is 69.7 Å². The molecule has 1 fully saturated rings. The maximum atomic E-state index is 9.01. The summed E-state index contributed by atoms with van der Waals surface area (Å²) in [5.74, 6) is 0.727. The molecule has 1 saturated heterocycles. The van der Waals surface area contributed by atoms with Crippen LogP contribution >= 0.6 is 11.3 Å². The van der Waals surface area contributed by atoms with Gasteiger partial charge in [-0.1, -0.05) is 17.3 Å². The number of nitrogens with one attached hydrogen (secondary N) is 1. The minimum atomic E-state index is 0.727. The highest BCUT2D eigenvalue weighted by Crippen LogP contribution is 2.32. The van der Waals surface area contributed by atoms with E-state index in [2.05, 4.69) is 51.5 Å². The van der Waals surface area contributed by atoms with Crippen LogP contribution in [0.2, 0.25) is 0 Å². The highest BCUT2D eigenvalue weighted by molar-refractivity contribution is 7.12. The lowest BCUT2D eigenvalue weighted by Crippen LogP contribution is -2.33. The maximum absolute atomic E-state index is 9.01. The lowest BCUT2D eigenvalue weighted by molar-refractivity contribution is 0.173. The van der Waals surface area contributed by atoms with Crippen molar-refractivity contribution < 1.29 is 4.52 Å². The first-order valence-electron chi connectivity index (χ1n) is 12.2. The van der Waals surface area contributed by atoms with E-state index in [-0.39, 0.29) is 0 Å². The number of aryl methyl sites for hydroxylation is 2. The first-order valence-corrected chi connectivity index (χ1v) is 13.0. The number of hydrogen-bond acceptors (Lipinski definition) is 7. The molecule has 0 unspecified atom stereocenters. The van der Waals surface area contributed by atoms with Crippen LogP contribution in [0.25, 0.3) is 22.2 Å². The fraction of sp³-hybridized carbons (Fsp3) is 0.393. The minimum Gasteiger partial charge on any atom is -0.356 e. The zero-order valence-electron chi connectivity index (χ0n) is 20.8. The van der Waals surface area contributed by atoms with Gasteiger partial charge in [0.05, 0.1) is 11.4 Å². The Morgan fingerprint density at radius 3 is 2.63 bits per heavy atom. The molecule has 0 aliphatic carbocycles. The second kappa shape index (κ2) is 12.1. The van der Waals surface area contributed by atoms with Gasteiger partial charge in [-0.25, -0.2) is 0 Å². The Morgan fingerprint density at radius 1 is 1.14 bits per heavy atom. The van der Waals surface area contributed by atoms with Crippen LogP contribution in [0.1, 0.15) is 40.3 Å². The number of rotatable bonds is 6. The van der Waals surface area contributed by atoms with E-state index in [0.29, 0.717) is 0 Å². The number of thiophene rings is 1. The molecule has 0 spiro atoms. The van der Waals surface area contributed by atoms with Gasteiger partial charge in [0.2, 0.25) is 0 Å². The molecule has 0 radical (unpaired) electrons. The summed E-state index contributed by atoms with van der Waals surface area (Å²) in [5.41, 5.74) is 5.11. The zero-order valence-corrected chi connectivity index (χ0v) is 21.6. The minimum absolute atomic E-state index is 0.727. The highest BCUT2D eigenvalue weighted by Gasteiger charge is 2.21. The number of nitrogens with zero attached hydrogens (tertiary/aromatic N) is 4. The summed E-state index contributed by atoms with van der Waals surface area (Å²) in [6.07, 6.45) is 6.36. The average Bonchev–Trinajstić information content (AvgIpc) is 3.52. The summed E-state index contributed by atoms with van der Waals surface area (Å²) in [7, 11) is 3.75. The van der Waals surface area contributed by atoms with Crippen LogP contribution in [0, 0.1) is 24.2 Å². The molecule has 7 heteroatoms. The lowest BCUT2D eigenvalue weighted by atomic mass is 9.91. The first kappa shape index (κ1) is 25.1. The van der Waals surface area contributed by atoms with Gasteiger partial charge < -0.3 is 9.84 Å². The van der Waals surface area contributed by atoms with Gasteiger partial charge in [-0.05, 0) is 96.0 Å². The molecule has 1 aromatic carbocycles. The number of piperidine rings is 1. The molecular weight excluding hydrogens is 454 g/mol. The first-order chi connectivity index (χ1) is 17.1. The Kier molecular flexibility index (Phi) is 8.64. The van der Waals surface area contributed by atoms with E-state index in [1.165, 1.54) is 17.7 Å². The number of fused-ring (bicyclic) bond motifs is 1. The molecule has 1 aliphatic heterocycles. The van der Waals surface area contributed by atoms with Crippen molar-refractivity contribution >= 4 is 22.3 Å².